The van der Waals surface area contributed by atoms with Crippen LogP contribution in [0.25, 0.3) is 0 Å². The van der Waals surface area contributed by atoms with E-state index < -0.39 is 11.4 Å². The highest BCUT2D eigenvalue weighted by Gasteiger charge is 2.69. The van der Waals surface area contributed by atoms with Crippen LogP contribution in [0.15, 0.2) is 11.6 Å². The number of esters is 1. The van der Waals surface area contributed by atoms with E-state index in [0.717, 1.165) is 57.8 Å². The van der Waals surface area contributed by atoms with Crippen molar-refractivity contribution in [2.45, 2.75) is 138 Å². The molecule has 224 valence electrons. The predicted octanol–water partition coefficient (Wildman–Crippen LogP) is 7.54. The van der Waals surface area contributed by atoms with Crippen LogP contribution in [0, 0.1) is 50.2 Å². The summed E-state index contributed by atoms with van der Waals surface area (Å²) in [6.07, 6.45) is 15.0. The molecule has 0 amide bonds. The van der Waals surface area contributed by atoms with Crippen LogP contribution >= 0.6 is 0 Å². The summed E-state index contributed by atoms with van der Waals surface area (Å²) < 4.78 is 6.19. The maximum absolute atomic E-state index is 12.9. The molecular formula is C35H55NO4. The highest BCUT2D eigenvalue weighted by atomic mass is 16.5. The zero-order valence-corrected chi connectivity index (χ0v) is 26.3. The summed E-state index contributed by atoms with van der Waals surface area (Å²) >= 11 is 0. The van der Waals surface area contributed by atoms with Crippen molar-refractivity contribution >= 4 is 11.9 Å². The summed E-state index contributed by atoms with van der Waals surface area (Å²) in [5, 5.41) is 13.9. The standard InChI is InChI=1S/C35H55NO4/c1-30(2)16-18-35(29(38)39)19-17-33(6)23(24(35)20-30)10-11-26-32(5)14-13-27(40-28(37)21-36-22-8-9-22)31(3,4)25(32)12-15-34(26,33)7/h10,22,24-27,36H,8-9,11-21H2,1-7H3,(H,38,39)/t24-,25-,26+,27-,32-,33+,34+,35-/m0/s1. The molecule has 0 aromatic rings. The lowest BCUT2D eigenvalue weighted by Crippen LogP contribution is -2.65. The number of rotatable bonds is 5. The van der Waals surface area contributed by atoms with E-state index in [-0.39, 0.29) is 45.1 Å². The zero-order valence-electron chi connectivity index (χ0n) is 26.3. The van der Waals surface area contributed by atoms with E-state index in [1.54, 1.807) is 0 Å². The molecule has 0 heterocycles. The Kier molecular flexibility index (Phi) is 6.52. The number of ether oxygens (including phenoxy) is 1. The average molecular weight is 554 g/mol. The van der Waals surface area contributed by atoms with Gasteiger partial charge in [-0.25, -0.2) is 0 Å². The highest BCUT2D eigenvalue weighted by molar-refractivity contribution is 5.76. The molecule has 5 heteroatoms. The van der Waals surface area contributed by atoms with Gasteiger partial charge in [0.1, 0.15) is 6.10 Å². The summed E-state index contributed by atoms with van der Waals surface area (Å²) in [7, 11) is 0. The quantitative estimate of drug-likeness (QED) is 0.272. The van der Waals surface area contributed by atoms with Crippen LogP contribution in [0.3, 0.4) is 0 Å². The number of fused-ring (bicyclic) bond motifs is 7. The number of carbonyl (C=O) groups is 2. The first-order chi connectivity index (χ1) is 18.6. The van der Waals surface area contributed by atoms with Gasteiger partial charge in [-0.15, -0.1) is 0 Å². The molecule has 0 aromatic carbocycles. The van der Waals surface area contributed by atoms with E-state index >= 15 is 0 Å². The Morgan fingerprint density at radius 3 is 2.27 bits per heavy atom. The van der Waals surface area contributed by atoms with Crippen LogP contribution in [0.4, 0.5) is 0 Å². The number of hydrogen-bond acceptors (Lipinski definition) is 4. The molecule has 0 unspecified atom stereocenters. The Morgan fingerprint density at radius 1 is 0.900 bits per heavy atom. The summed E-state index contributed by atoms with van der Waals surface area (Å²) in [4.78, 5) is 25.6. The van der Waals surface area contributed by atoms with Crippen molar-refractivity contribution in [1.29, 1.82) is 0 Å². The van der Waals surface area contributed by atoms with Crippen molar-refractivity contribution in [1.82, 2.24) is 5.32 Å². The minimum Gasteiger partial charge on any atom is -0.481 e. The number of nitrogens with one attached hydrogen (secondary N) is 1. The monoisotopic (exact) mass is 553 g/mol. The van der Waals surface area contributed by atoms with Gasteiger partial charge < -0.3 is 15.2 Å². The van der Waals surface area contributed by atoms with E-state index in [1.165, 1.54) is 24.8 Å². The minimum atomic E-state index is -0.580. The van der Waals surface area contributed by atoms with Crippen molar-refractivity contribution in [2.24, 2.45) is 50.2 Å². The fourth-order valence-corrected chi connectivity index (χ4v) is 11.5. The third-order valence-corrected chi connectivity index (χ3v) is 14.4. The van der Waals surface area contributed by atoms with Gasteiger partial charge in [-0.1, -0.05) is 60.1 Å². The van der Waals surface area contributed by atoms with E-state index in [9.17, 15) is 14.7 Å². The number of carboxylic acids is 1. The topological polar surface area (TPSA) is 75.6 Å². The number of allylic oxidation sites excluding steroid dienone is 2. The largest absolute Gasteiger partial charge is 0.481 e. The molecule has 0 saturated heterocycles. The Labute approximate surface area is 242 Å². The van der Waals surface area contributed by atoms with Crippen molar-refractivity contribution in [2.75, 3.05) is 6.54 Å². The molecule has 5 nitrogen and oxygen atoms in total. The van der Waals surface area contributed by atoms with Gasteiger partial charge in [0.05, 0.1) is 12.0 Å². The summed E-state index contributed by atoms with van der Waals surface area (Å²) in [5.41, 5.74) is 1.43. The Balaban J connectivity index is 1.29. The van der Waals surface area contributed by atoms with Gasteiger partial charge in [-0.05, 0) is 116 Å². The lowest BCUT2D eigenvalue weighted by Gasteiger charge is -2.71. The first-order valence-corrected chi connectivity index (χ1v) is 16.5. The van der Waals surface area contributed by atoms with Gasteiger partial charge >= 0.3 is 11.9 Å². The molecule has 5 saturated carbocycles. The number of carbonyl (C=O) groups excluding carboxylic acids is 1. The minimum absolute atomic E-state index is 0.0240. The lowest BCUT2D eigenvalue weighted by atomic mass is 9.33. The molecule has 6 aliphatic rings. The molecule has 40 heavy (non-hydrogen) atoms. The van der Waals surface area contributed by atoms with Gasteiger partial charge in [0.2, 0.25) is 0 Å². The third-order valence-electron chi connectivity index (χ3n) is 14.4. The Morgan fingerprint density at radius 2 is 1.60 bits per heavy atom. The van der Waals surface area contributed by atoms with Crippen LogP contribution < -0.4 is 5.32 Å². The van der Waals surface area contributed by atoms with Crippen LogP contribution in [0.5, 0.6) is 0 Å². The smallest absolute Gasteiger partial charge is 0.320 e. The molecule has 2 N–H and O–H groups in total. The summed E-state index contributed by atoms with van der Waals surface area (Å²) in [5.74, 6) is 0.586. The number of aliphatic carboxylic acids is 1. The molecule has 0 aliphatic heterocycles. The molecule has 0 radical (unpaired) electrons. The van der Waals surface area contributed by atoms with Gasteiger partial charge in [0, 0.05) is 11.5 Å². The SMILES string of the molecule is CC1(C)CC[C@]2(C(=O)O)CC[C@]3(C)C(=CC[C@@H]4[C@@]5(C)CC[C@H](OC(=O)CNC6CC6)C(C)(C)[C@@H]5CC[C@]43C)[C@@H]2C1. The number of hydrogen-bond donors (Lipinski definition) is 2. The predicted molar refractivity (Wildman–Crippen MR) is 158 cm³/mol. The van der Waals surface area contributed by atoms with E-state index in [0.29, 0.717) is 24.4 Å². The fourth-order valence-electron chi connectivity index (χ4n) is 11.5. The van der Waals surface area contributed by atoms with E-state index in [2.05, 4.69) is 59.9 Å². The van der Waals surface area contributed by atoms with Crippen LogP contribution in [-0.2, 0) is 14.3 Å². The highest BCUT2D eigenvalue weighted by Crippen LogP contribution is 2.75. The average Bonchev–Trinajstić information content (AvgIpc) is 3.69. The second-order valence-electron chi connectivity index (χ2n) is 17.2. The molecule has 5 fully saturated rings. The van der Waals surface area contributed by atoms with Crippen LogP contribution in [0.2, 0.25) is 0 Å². The zero-order chi connectivity index (χ0) is 28.9. The first-order valence-electron chi connectivity index (χ1n) is 16.5. The normalized spacial score (nSPS) is 47.0. The van der Waals surface area contributed by atoms with Crippen LogP contribution in [0.1, 0.15) is 126 Å². The molecule has 0 aromatic heterocycles. The maximum Gasteiger partial charge on any atom is 0.320 e. The second-order valence-corrected chi connectivity index (χ2v) is 17.2. The first kappa shape index (κ1) is 28.7. The van der Waals surface area contributed by atoms with Crippen molar-refractivity contribution in [3.63, 3.8) is 0 Å². The molecule has 0 bridgehead atoms. The van der Waals surface area contributed by atoms with Gasteiger partial charge in [-0.2, -0.15) is 0 Å². The van der Waals surface area contributed by atoms with Gasteiger partial charge in [0.25, 0.3) is 0 Å². The maximum atomic E-state index is 12.9. The molecule has 8 atom stereocenters. The second kappa shape index (κ2) is 9.07. The Bertz CT molecular complexity index is 1100. The fraction of sp³-hybridized carbons (Fsp3) is 0.886. The van der Waals surface area contributed by atoms with Crippen LogP contribution in [-0.4, -0.2) is 35.7 Å². The lowest BCUT2D eigenvalue weighted by molar-refractivity contribution is -0.213. The molecule has 6 rings (SSSR count). The van der Waals surface area contributed by atoms with Crippen molar-refractivity contribution in [3.8, 4) is 0 Å². The van der Waals surface area contributed by atoms with Gasteiger partial charge in [0.15, 0.2) is 0 Å². The van der Waals surface area contributed by atoms with Crippen molar-refractivity contribution < 1.29 is 19.4 Å². The molecule has 6 aliphatic carbocycles. The van der Waals surface area contributed by atoms with E-state index in [1.807, 2.05) is 0 Å². The van der Waals surface area contributed by atoms with Crippen molar-refractivity contribution in [3.05, 3.63) is 11.6 Å². The molecule has 0 spiro atoms. The van der Waals surface area contributed by atoms with Gasteiger partial charge in [-0.3, -0.25) is 9.59 Å². The third kappa shape index (κ3) is 4.02. The summed E-state index contributed by atoms with van der Waals surface area (Å²) in [6.45, 7) is 17.4. The van der Waals surface area contributed by atoms with E-state index in [4.69, 9.17) is 4.74 Å². The Hall–Kier alpha value is -1.36. The molecular weight excluding hydrogens is 498 g/mol. The number of carboxylic acid groups (broad SMARTS) is 1. The summed E-state index contributed by atoms with van der Waals surface area (Å²) in [6, 6.07) is 0.511.